The van der Waals surface area contributed by atoms with Crippen molar-refractivity contribution in [2.45, 2.75) is 50.0 Å². The van der Waals surface area contributed by atoms with Crippen LogP contribution in [0.1, 0.15) is 54.0 Å². The summed E-state index contributed by atoms with van der Waals surface area (Å²) in [5, 5.41) is 38.7. The van der Waals surface area contributed by atoms with Gasteiger partial charge >= 0.3 is 5.97 Å². The molecule has 1 amide bonds. The van der Waals surface area contributed by atoms with E-state index >= 15 is 0 Å². The van der Waals surface area contributed by atoms with E-state index in [1.165, 1.54) is 6.07 Å². The maximum atomic E-state index is 13.9. The fourth-order valence-corrected chi connectivity index (χ4v) is 6.88. The van der Waals surface area contributed by atoms with Crippen molar-refractivity contribution in [3.05, 3.63) is 119 Å². The zero-order valence-electron chi connectivity index (χ0n) is 30.1. The van der Waals surface area contributed by atoms with Crippen LogP contribution in [0.3, 0.4) is 0 Å². The van der Waals surface area contributed by atoms with Crippen LogP contribution < -0.4 is 24.8 Å². The van der Waals surface area contributed by atoms with E-state index in [0.29, 0.717) is 41.3 Å². The number of rotatable bonds is 15. The molecular formula is C42H45N3O9. The zero-order valence-corrected chi connectivity index (χ0v) is 30.1. The zero-order chi connectivity index (χ0) is 37.7. The highest BCUT2D eigenvalue weighted by Gasteiger charge is 2.49. The first-order valence-corrected chi connectivity index (χ1v) is 18.3. The highest BCUT2D eigenvalue weighted by molar-refractivity contribution is 5.97. The van der Waals surface area contributed by atoms with Crippen LogP contribution in [0.25, 0.3) is 0 Å². The van der Waals surface area contributed by atoms with Gasteiger partial charge in [-0.15, -0.1) is 0 Å². The SMILES string of the molecule is CN(/C=C/C(OC(=O)C1(O)c2ccccc2Oc2ccccc21)C1CCC1)CCCOc1ccc(CNC[C@H](O)c2ccc(O)c3c2OCC(=O)N3)cc1. The normalized spacial score (nSPS) is 16.7. The van der Waals surface area contributed by atoms with E-state index in [1.54, 1.807) is 54.6 Å². The van der Waals surface area contributed by atoms with Gasteiger partial charge < -0.3 is 49.8 Å². The molecule has 0 radical (unpaired) electrons. The first-order valence-electron chi connectivity index (χ1n) is 18.3. The Balaban J connectivity index is 0.867. The third kappa shape index (κ3) is 7.86. The molecule has 2 atom stereocenters. The highest BCUT2D eigenvalue weighted by Crippen LogP contribution is 2.48. The molecule has 1 saturated carbocycles. The molecule has 5 N–H and O–H groups in total. The summed E-state index contributed by atoms with van der Waals surface area (Å²) in [6.07, 6.45) is 6.19. The van der Waals surface area contributed by atoms with Crippen molar-refractivity contribution in [2.24, 2.45) is 5.92 Å². The van der Waals surface area contributed by atoms with Crippen LogP contribution in [0, 0.1) is 5.92 Å². The van der Waals surface area contributed by atoms with Gasteiger partial charge in [0.2, 0.25) is 5.60 Å². The van der Waals surface area contributed by atoms with Crippen LogP contribution in [0.15, 0.2) is 97.2 Å². The maximum absolute atomic E-state index is 13.9. The summed E-state index contributed by atoms with van der Waals surface area (Å²) >= 11 is 0. The molecule has 1 aliphatic carbocycles. The summed E-state index contributed by atoms with van der Waals surface area (Å²) in [6, 6.07) is 24.8. The van der Waals surface area contributed by atoms with Gasteiger partial charge in [-0.3, -0.25) is 4.79 Å². The quantitative estimate of drug-likeness (QED) is 0.0595. The van der Waals surface area contributed by atoms with Crippen molar-refractivity contribution < 1.29 is 43.9 Å². The number of esters is 1. The lowest BCUT2D eigenvalue weighted by Crippen LogP contribution is -2.44. The van der Waals surface area contributed by atoms with E-state index in [0.717, 1.165) is 43.5 Å². The number of aliphatic hydroxyl groups excluding tert-OH is 1. The van der Waals surface area contributed by atoms with Gasteiger partial charge in [0.15, 0.2) is 12.4 Å². The number of hydrogen-bond acceptors (Lipinski definition) is 11. The van der Waals surface area contributed by atoms with Gasteiger partial charge in [0.1, 0.15) is 34.8 Å². The van der Waals surface area contributed by atoms with Gasteiger partial charge in [-0.2, -0.15) is 0 Å². The standard InChI is InChI=1S/C42H45N3O9/c1-45(22-20-35(28-8-6-9-28)54-41(49)42(50)31-10-2-4-12-36(31)53-37-13-5-3-11-32(37)42)21-7-23-51-29-16-14-27(15-17-29)24-43-25-34(47)30-18-19-33(46)39-40(30)52-26-38(48)44-39/h2-5,10-20,22,28,34-35,43,46-47,50H,6-9,21,23-26H2,1H3,(H,44,48)/b22-20+/t34-,35?/m0/s1. The van der Waals surface area contributed by atoms with Crippen molar-refractivity contribution in [3.8, 4) is 28.7 Å². The second kappa shape index (κ2) is 16.2. The molecule has 12 heteroatoms. The number of nitrogens with one attached hydrogen (secondary N) is 2. The Bertz CT molecular complexity index is 1950. The number of aliphatic hydroxyl groups is 2. The molecule has 0 bridgehead atoms. The molecule has 1 unspecified atom stereocenters. The second-order valence-electron chi connectivity index (χ2n) is 13.9. The summed E-state index contributed by atoms with van der Waals surface area (Å²) in [7, 11) is 1.97. The summed E-state index contributed by atoms with van der Waals surface area (Å²) in [5.74, 6) is 0.855. The number of phenols is 1. The van der Waals surface area contributed by atoms with Crippen LogP contribution in [-0.4, -0.2) is 71.6 Å². The van der Waals surface area contributed by atoms with Gasteiger partial charge in [0.25, 0.3) is 5.91 Å². The Morgan fingerprint density at radius 2 is 1.74 bits per heavy atom. The minimum atomic E-state index is -1.99. The summed E-state index contributed by atoms with van der Waals surface area (Å²) < 4.78 is 23.6. The average Bonchev–Trinajstić information content (AvgIpc) is 3.15. The number of amides is 1. The first-order chi connectivity index (χ1) is 26.2. The Kier molecular flexibility index (Phi) is 11.0. The Morgan fingerprint density at radius 3 is 2.43 bits per heavy atom. The molecule has 4 aromatic rings. The molecule has 0 saturated heterocycles. The molecule has 12 nitrogen and oxygen atoms in total. The highest BCUT2D eigenvalue weighted by atomic mass is 16.6. The monoisotopic (exact) mass is 735 g/mol. The number of anilines is 1. The fourth-order valence-electron chi connectivity index (χ4n) is 6.88. The van der Waals surface area contributed by atoms with Crippen molar-refractivity contribution in [1.29, 1.82) is 0 Å². The van der Waals surface area contributed by atoms with Crippen LogP contribution >= 0.6 is 0 Å². The molecule has 3 aliphatic rings. The fraction of sp³-hybridized carbons (Fsp3) is 0.333. The maximum Gasteiger partial charge on any atom is 0.348 e. The number of benzene rings is 4. The van der Waals surface area contributed by atoms with Crippen molar-refractivity contribution in [3.63, 3.8) is 0 Å². The number of carbonyl (C=O) groups is 2. The molecule has 2 heterocycles. The van der Waals surface area contributed by atoms with E-state index in [9.17, 15) is 24.9 Å². The van der Waals surface area contributed by atoms with Gasteiger partial charge in [-0.05, 0) is 79.4 Å². The molecule has 54 heavy (non-hydrogen) atoms. The number of hydrogen-bond donors (Lipinski definition) is 5. The van der Waals surface area contributed by atoms with Crippen LogP contribution in [0.5, 0.6) is 28.7 Å². The molecule has 1 fully saturated rings. The molecule has 0 aromatic heterocycles. The van der Waals surface area contributed by atoms with E-state index < -0.39 is 23.8 Å². The van der Waals surface area contributed by atoms with Crippen molar-refractivity contribution >= 4 is 17.6 Å². The topological polar surface area (TPSA) is 159 Å². The molecule has 282 valence electrons. The number of carbonyl (C=O) groups excluding carboxylic acids is 2. The largest absolute Gasteiger partial charge is 0.506 e. The summed E-state index contributed by atoms with van der Waals surface area (Å²) in [6.45, 7) is 1.80. The van der Waals surface area contributed by atoms with Gasteiger partial charge in [-0.1, -0.05) is 55.0 Å². The number of phenolic OH excluding ortho intramolecular Hbond substituents is 1. The Hall–Kier alpha value is -5.56. The predicted molar refractivity (Wildman–Crippen MR) is 200 cm³/mol. The Labute approximate surface area is 313 Å². The van der Waals surface area contributed by atoms with E-state index in [-0.39, 0.29) is 42.2 Å². The smallest absolute Gasteiger partial charge is 0.348 e. The summed E-state index contributed by atoms with van der Waals surface area (Å²) in [4.78, 5) is 27.6. The molecule has 4 aromatic carbocycles. The molecule has 0 spiro atoms. The number of para-hydroxylation sites is 2. The number of fused-ring (bicyclic) bond motifs is 3. The summed E-state index contributed by atoms with van der Waals surface area (Å²) in [5.41, 5.74) is 0.392. The average molecular weight is 736 g/mol. The lowest BCUT2D eigenvalue weighted by Gasteiger charge is -2.37. The minimum absolute atomic E-state index is 0.118. The van der Waals surface area contributed by atoms with E-state index in [4.69, 9.17) is 18.9 Å². The van der Waals surface area contributed by atoms with Crippen LogP contribution in [0.2, 0.25) is 0 Å². The Morgan fingerprint density at radius 1 is 1.04 bits per heavy atom. The first kappa shape index (κ1) is 36.8. The van der Waals surface area contributed by atoms with Gasteiger partial charge in [0.05, 0.1) is 12.7 Å². The number of nitrogens with zero attached hydrogens (tertiary/aromatic N) is 1. The predicted octanol–water partition coefficient (Wildman–Crippen LogP) is 5.51. The van der Waals surface area contributed by atoms with Crippen LogP contribution in [0.4, 0.5) is 5.69 Å². The van der Waals surface area contributed by atoms with Gasteiger partial charge in [0, 0.05) is 43.4 Å². The second-order valence-corrected chi connectivity index (χ2v) is 13.9. The van der Waals surface area contributed by atoms with Crippen molar-refractivity contribution in [1.82, 2.24) is 10.2 Å². The van der Waals surface area contributed by atoms with Crippen molar-refractivity contribution in [2.75, 3.05) is 38.7 Å². The third-order valence-electron chi connectivity index (χ3n) is 10.1. The number of ether oxygens (including phenoxy) is 4. The molecule has 2 aliphatic heterocycles. The lowest BCUT2D eigenvalue weighted by molar-refractivity contribution is -0.169. The van der Waals surface area contributed by atoms with E-state index in [2.05, 4.69) is 10.6 Å². The van der Waals surface area contributed by atoms with Gasteiger partial charge in [-0.25, -0.2) is 4.79 Å². The molecular weight excluding hydrogens is 690 g/mol. The minimum Gasteiger partial charge on any atom is -0.506 e. The number of aromatic hydroxyl groups is 1. The van der Waals surface area contributed by atoms with E-state index in [1.807, 2.05) is 48.5 Å². The van der Waals surface area contributed by atoms with Crippen LogP contribution in [-0.2, 0) is 26.5 Å². The third-order valence-corrected chi connectivity index (χ3v) is 10.1. The molecule has 7 rings (SSSR count). The lowest BCUT2D eigenvalue weighted by atomic mass is 9.80.